The lowest BCUT2D eigenvalue weighted by Gasteiger charge is -2.17. The largest absolute Gasteiger partial charge is 0.329 e. The first-order chi connectivity index (χ1) is 6.91. The average molecular weight is 237 g/mol. The third kappa shape index (κ3) is 7.72. The minimum absolute atomic E-state index is 0.167. The maximum absolute atomic E-state index is 11.5. The molecule has 0 bridgehead atoms. The summed E-state index contributed by atoms with van der Waals surface area (Å²) >= 11 is 0. The first-order valence-electron chi connectivity index (χ1n) is 5.38. The molecule has 0 fully saturated rings. The third-order valence-electron chi connectivity index (χ3n) is 1.93. The highest BCUT2D eigenvalue weighted by Gasteiger charge is 2.15. The molecule has 4 N–H and O–H groups in total. The van der Waals surface area contributed by atoms with Crippen molar-refractivity contribution < 1.29 is 8.42 Å². The summed E-state index contributed by atoms with van der Waals surface area (Å²) in [5, 5.41) is 0. The van der Waals surface area contributed by atoms with Crippen LogP contribution in [0.4, 0.5) is 0 Å². The van der Waals surface area contributed by atoms with Gasteiger partial charge in [0.25, 0.3) is 10.2 Å². The van der Waals surface area contributed by atoms with Crippen molar-refractivity contribution in [3.8, 4) is 0 Å². The first-order valence-corrected chi connectivity index (χ1v) is 6.86. The molecule has 0 aromatic carbocycles. The molecule has 0 amide bonds. The zero-order valence-electron chi connectivity index (χ0n) is 9.79. The molecule has 1 atom stereocenters. The standard InChI is InChI=1S/C9H23N3O2S/c1-4-5-9(6-10)12-15(13,14)11-7-8(2)3/h8-9,11-12H,4-7,10H2,1-3H3. The lowest BCUT2D eigenvalue weighted by molar-refractivity contribution is 0.509. The van der Waals surface area contributed by atoms with Gasteiger partial charge in [0.15, 0.2) is 0 Å². The van der Waals surface area contributed by atoms with E-state index in [-0.39, 0.29) is 6.04 Å². The zero-order valence-corrected chi connectivity index (χ0v) is 10.6. The summed E-state index contributed by atoms with van der Waals surface area (Å²) in [6.07, 6.45) is 1.67. The fraction of sp³-hybridized carbons (Fsp3) is 1.00. The number of nitrogens with one attached hydrogen (secondary N) is 2. The molecule has 0 heterocycles. The Morgan fingerprint density at radius 1 is 1.33 bits per heavy atom. The molecule has 0 aromatic rings. The number of rotatable bonds is 8. The van der Waals surface area contributed by atoms with E-state index in [9.17, 15) is 8.42 Å². The second kappa shape index (κ2) is 7.16. The average Bonchev–Trinajstić information content (AvgIpc) is 2.14. The van der Waals surface area contributed by atoms with Crippen molar-refractivity contribution in [1.82, 2.24) is 9.44 Å². The van der Waals surface area contributed by atoms with E-state index in [1.54, 1.807) is 0 Å². The Bertz CT molecular complexity index is 252. The summed E-state index contributed by atoms with van der Waals surface area (Å²) in [4.78, 5) is 0. The van der Waals surface area contributed by atoms with Crippen LogP contribution in [0.3, 0.4) is 0 Å². The van der Waals surface area contributed by atoms with Gasteiger partial charge in [0.2, 0.25) is 0 Å². The Morgan fingerprint density at radius 3 is 2.33 bits per heavy atom. The quantitative estimate of drug-likeness (QED) is 0.563. The monoisotopic (exact) mass is 237 g/mol. The van der Waals surface area contributed by atoms with Gasteiger partial charge in [-0.05, 0) is 12.3 Å². The van der Waals surface area contributed by atoms with Crippen molar-refractivity contribution in [3.05, 3.63) is 0 Å². The van der Waals surface area contributed by atoms with Gasteiger partial charge in [-0.15, -0.1) is 0 Å². The van der Waals surface area contributed by atoms with Crippen LogP contribution >= 0.6 is 0 Å². The van der Waals surface area contributed by atoms with Crippen molar-refractivity contribution in [1.29, 1.82) is 0 Å². The second-order valence-corrected chi connectivity index (χ2v) is 5.62. The van der Waals surface area contributed by atoms with E-state index in [4.69, 9.17) is 5.73 Å². The van der Waals surface area contributed by atoms with Crippen LogP contribution in [0, 0.1) is 5.92 Å². The van der Waals surface area contributed by atoms with E-state index in [1.165, 1.54) is 0 Å². The van der Waals surface area contributed by atoms with Crippen molar-refractivity contribution in [2.24, 2.45) is 11.7 Å². The van der Waals surface area contributed by atoms with Crippen LogP contribution in [-0.2, 0) is 10.2 Å². The van der Waals surface area contributed by atoms with Gasteiger partial charge in [0, 0.05) is 19.1 Å². The van der Waals surface area contributed by atoms with Gasteiger partial charge in [0.05, 0.1) is 0 Å². The molecular formula is C9H23N3O2S. The predicted molar refractivity (Wildman–Crippen MR) is 62.6 cm³/mol. The summed E-state index contributed by atoms with van der Waals surface area (Å²) in [6.45, 7) is 6.68. The van der Waals surface area contributed by atoms with Crippen molar-refractivity contribution in [3.63, 3.8) is 0 Å². The SMILES string of the molecule is CCCC(CN)NS(=O)(=O)NCC(C)C. The van der Waals surface area contributed by atoms with Crippen LogP contribution in [-0.4, -0.2) is 27.5 Å². The summed E-state index contributed by atoms with van der Waals surface area (Å²) in [5.74, 6) is 0.295. The lowest BCUT2D eigenvalue weighted by atomic mass is 10.2. The third-order valence-corrected chi connectivity index (χ3v) is 3.12. The molecule has 6 heteroatoms. The maximum atomic E-state index is 11.5. The predicted octanol–water partition coefficient (Wildman–Crippen LogP) is 0.194. The summed E-state index contributed by atoms with van der Waals surface area (Å²) < 4.78 is 28.0. The van der Waals surface area contributed by atoms with Gasteiger partial charge in [-0.2, -0.15) is 13.1 Å². The fourth-order valence-corrected chi connectivity index (χ4v) is 2.40. The van der Waals surface area contributed by atoms with Gasteiger partial charge in [-0.1, -0.05) is 27.2 Å². The molecule has 0 rings (SSSR count). The topological polar surface area (TPSA) is 84.2 Å². The van der Waals surface area contributed by atoms with Crippen LogP contribution in [0.1, 0.15) is 33.6 Å². The summed E-state index contributed by atoms with van der Waals surface area (Å²) in [7, 11) is -3.39. The highest BCUT2D eigenvalue weighted by Crippen LogP contribution is 1.97. The second-order valence-electron chi connectivity index (χ2n) is 4.08. The zero-order chi connectivity index (χ0) is 11.9. The van der Waals surface area contributed by atoms with Gasteiger partial charge in [0.1, 0.15) is 0 Å². The van der Waals surface area contributed by atoms with Gasteiger partial charge in [-0.3, -0.25) is 0 Å². The van der Waals surface area contributed by atoms with Gasteiger partial charge < -0.3 is 5.73 Å². The molecular weight excluding hydrogens is 214 g/mol. The van der Waals surface area contributed by atoms with E-state index >= 15 is 0 Å². The highest BCUT2D eigenvalue weighted by molar-refractivity contribution is 7.87. The highest BCUT2D eigenvalue weighted by atomic mass is 32.2. The fourth-order valence-electron chi connectivity index (χ4n) is 1.11. The molecule has 0 aliphatic carbocycles. The van der Waals surface area contributed by atoms with Crippen molar-refractivity contribution >= 4 is 10.2 Å². The molecule has 0 spiro atoms. The summed E-state index contributed by atoms with van der Waals surface area (Å²) in [6, 6.07) is -0.167. The molecule has 1 unspecified atom stereocenters. The minimum Gasteiger partial charge on any atom is -0.329 e. The van der Waals surface area contributed by atoms with Crippen LogP contribution in [0.25, 0.3) is 0 Å². The van der Waals surface area contributed by atoms with Crippen LogP contribution in [0.5, 0.6) is 0 Å². The molecule has 15 heavy (non-hydrogen) atoms. The van der Waals surface area contributed by atoms with Crippen LogP contribution in [0.15, 0.2) is 0 Å². The Labute approximate surface area is 93.0 Å². The molecule has 92 valence electrons. The minimum atomic E-state index is -3.39. The Kier molecular flexibility index (Phi) is 7.08. The number of hydrogen-bond donors (Lipinski definition) is 3. The Morgan fingerprint density at radius 2 is 1.93 bits per heavy atom. The Balaban J connectivity index is 4.10. The molecule has 0 saturated heterocycles. The van der Waals surface area contributed by atoms with E-state index in [0.29, 0.717) is 19.0 Å². The molecule has 0 saturated carbocycles. The molecule has 0 radical (unpaired) electrons. The van der Waals surface area contributed by atoms with E-state index < -0.39 is 10.2 Å². The van der Waals surface area contributed by atoms with Gasteiger partial charge >= 0.3 is 0 Å². The van der Waals surface area contributed by atoms with E-state index in [0.717, 1.165) is 12.8 Å². The van der Waals surface area contributed by atoms with E-state index in [2.05, 4.69) is 9.44 Å². The van der Waals surface area contributed by atoms with Crippen molar-refractivity contribution in [2.45, 2.75) is 39.7 Å². The number of hydrogen-bond acceptors (Lipinski definition) is 3. The van der Waals surface area contributed by atoms with E-state index in [1.807, 2.05) is 20.8 Å². The number of nitrogens with two attached hydrogens (primary N) is 1. The Hall–Kier alpha value is -0.170. The lowest BCUT2D eigenvalue weighted by Crippen LogP contribution is -2.46. The molecule has 0 aliphatic rings. The van der Waals surface area contributed by atoms with Crippen molar-refractivity contribution in [2.75, 3.05) is 13.1 Å². The molecule has 0 aliphatic heterocycles. The first kappa shape index (κ1) is 14.8. The molecule has 5 nitrogen and oxygen atoms in total. The normalized spacial score (nSPS) is 14.5. The molecule has 0 aromatic heterocycles. The van der Waals surface area contributed by atoms with Gasteiger partial charge in [-0.25, -0.2) is 4.72 Å². The summed E-state index contributed by atoms with van der Waals surface area (Å²) in [5.41, 5.74) is 5.47. The maximum Gasteiger partial charge on any atom is 0.277 e. The van der Waals surface area contributed by atoms with Crippen LogP contribution < -0.4 is 15.2 Å². The van der Waals surface area contributed by atoms with Crippen LogP contribution in [0.2, 0.25) is 0 Å². The smallest absolute Gasteiger partial charge is 0.277 e.